The second kappa shape index (κ2) is 4.52. The lowest BCUT2D eigenvalue weighted by molar-refractivity contribution is 0.344. The van der Waals surface area contributed by atoms with Crippen LogP contribution in [0.4, 0.5) is 12.9 Å². The fourth-order valence-corrected chi connectivity index (χ4v) is 2.73. The molecule has 4 heteroatoms. The fraction of sp³-hybridized carbons (Fsp3) is 0.500. The third kappa shape index (κ3) is 2.42. The number of hydrogen-bond acceptors (Lipinski definition) is 0. The Morgan fingerprint density at radius 2 is 1.56 bits per heavy atom. The molecule has 1 aliphatic carbocycles. The predicted octanol–water partition coefficient (Wildman–Crippen LogP) is 4.56. The molecule has 2 atom stereocenters. The van der Waals surface area contributed by atoms with E-state index in [0.29, 0.717) is 12.8 Å². The second-order valence-electron chi connectivity index (χ2n) is 4.59. The van der Waals surface area contributed by atoms with Crippen molar-refractivity contribution in [1.82, 2.24) is 0 Å². The quantitative estimate of drug-likeness (QED) is 0.649. The minimum absolute atomic E-state index is 0.309. The predicted molar refractivity (Wildman–Crippen MR) is 60.5 cm³/mol. The molecule has 0 amide bonds. The molecule has 16 heavy (non-hydrogen) atoms. The largest absolute Gasteiger partial charge is 0.481 e. The molecule has 1 saturated carbocycles. The maximum Gasteiger partial charge on any atom is 0.481 e. The Labute approximate surface area is 93.9 Å². The van der Waals surface area contributed by atoms with Crippen LogP contribution < -0.4 is 0 Å². The summed E-state index contributed by atoms with van der Waals surface area (Å²) in [5, 5.41) is 0. The lowest BCUT2D eigenvalue weighted by Gasteiger charge is -2.38. The summed E-state index contributed by atoms with van der Waals surface area (Å²) in [5.74, 6) is -1.40. The summed E-state index contributed by atoms with van der Waals surface area (Å²) in [4.78, 5) is 0. The van der Waals surface area contributed by atoms with Gasteiger partial charge < -0.3 is 12.9 Å². The van der Waals surface area contributed by atoms with Crippen molar-refractivity contribution in [2.75, 3.05) is 0 Å². The average Bonchev–Trinajstić information content (AvgIpc) is 2.29. The maximum atomic E-state index is 12.9. The van der Waals surface area contributed by atoms with E-state index in [0.717, 1.165) is 18.4 Å². The van der Waals surface area contributed by atoms with Crippen LogP contribution >= 0.6 is 0 Å². The van der Waals surface area contributed by atoms with Crippen LogP contribution in [0, 0.1) is 0 Å². The molecule has 0 aliphatic heterocycles. The van der Waals surface area contributed by atoms with Gasteiger partial charge in [0, 0.05) is 0 Å². The molecule has 0 heterocycles. The highest BCUT2D eigenvalue weighted by atomic mass is 19.4. The Morgan fingerprint density at radius 3 is 2.19 bits per heavy atom. The highest BCUT2D eigenvalue weighted by Crippen LogP contribution is 2.48. The van der Waals surface area contributed by atoms with Gasteiger partial charge in [0.25, 0.3) is 0 Å². The van der Waals surface area contributed by atoms with E-state index in [-0.39, 0.29) is 5.92 Å². The number of halogens is 3. The van der Waals surface area contributed by atoms with Crippen molar-refractivity contribution in [2.45, 2.75) is 37.4 Å². The molecule has 1 aromatic rings. The number of rotatable bonds is 2. The van der Waals surface area contributed by atoms with Crippen molar-refractivity contribution >= 4 is 6.98 Å². The Morgan fingerprint density at radius 1 is 0.938 bits per heavy atom. The first-order valence-electron chi connectivity index (χ1n) is 5.84. The zero-order valence-corrected chi connectivity index (χ0v) is 9.08. The molecule has 0 saturated heterocycles. The van der Waals surface area contributed by atoms with Crippen molar-refractivity contribution < 1.29 is 12.9 Å². The van der Waals surface area contributed by atoms with E-state index in [1.807, 2.05) is 30.3 Å². The smallest absolute Gasteiger partial charge is 0.449 e. The minimum Gasteiger partial charge on any atom is -0.449 e. The summed E-state index contributed by atoms with van der Waals surface area (Å²) in [6, 6.07) is 9.14. The zero-order chi connectivity index (χ0) is 11.6. The molecule has 0 N–H and O–H groups in total. The van der Waals surface area contributed by atoms with E-state index in [2.05, 4.69) is 0 Å². The average molecular weight is 227 g/mol. The zero-order valence-electron chi connectivity index (χ0n) is 9.08. The van der Waals surface area contributed by atoms with Gasteiger partial charge in [-0.15, -0.1) is 0 Å². The van der Waals surface area contributed by atoms with Crippen LogP contribution in [0.25, 0.3) is 0 Å². The molecule has 1 aliphatic rings. The number of hydrogen-bond donors (Lipinski definition) is 0. The van der Waals surface area contributed by atoms with Gasteiger partial charge in [-0.25, -0.2) is 0 Å². The summed E-state index contributed by atoms with van der Waals surface area (Å²) in [5.41, 5.74) is 0.853. The standard InChI is InChI=1S/C12H15BF3/c14-13(15,16)12-9-5-4-8-11(12)10-6-2-1-3-7-10/h1-3,6-7,11-12H,4-5,8-9H2/q-1. The Balaban J connectivity index is 2.24. The van der Waals surface area contributed by atoms with E-state index in [1.54, 1.807) is 0 Å². The minimum atomic E-state index is -4.71. The van der Waals surface area contributed by atoms with Gasteiger partial charge in [0.2, 0.25) is 0 Å². The molecule has 2 unspecified atom stereocenters. The van der Waals surface area contributed by atoms with Gasteiger partial charge in [0.15, 0.2) is 0 Å². The van der Waals surface area contributed by atoms with Crippen LogP contribution in [0.5, 0.6) is 0 Å². The van der Waals surface area contributed by atoms with Gasteiger partial charge >= 0.3 is 6.98 Å². The molecule has 1 fully saturated rings. The summed E-state index contributed by atoms with van der Waals surface area (Å²) in [6.07, 6.45) is 2.62. The highest BCUT2D eigenvalue weighted by molar-refractivity contribution is 6.60. The van der Waals surface area contributed by atoms with Crippen LogP contribution in [0.3, 0.4) is 0 Å². The summed E-state index contributed by atoms with van der Waals surface area (Å²) in [7, 11) is 0. The van der Waals surface area contributed by atoms with E-state index < -0.39 is 12.8 Å². The van der Waals surface area contributed by atoms with Gasteiger partial charge in [0.05, 0.1) is 0 Å². The van der Waals surface area contributed by atoms with Crippen molar-refractivity contribution in [3.05, 3.63) is 35.9 Å². The van der Waals surface area contributed by atoms with Crippen LogP contribution in [0.1, 0.15) is 37.2 Å². The lowest BCUT2D eigenvalue weighted by atomic mass is 9.58. The molecular formula is C12H15BF3-. The SMILES string of the molecule is F[B-](F)(F)C1CCCCC1c1ccccc1. The Kier molecular flexibility index (Phi) is 3.26. The molecule has 0 spiro atoms. The van der Waals surface area contributed by atoms with E-state index in [1.165, 1.54) is 0 Å². The maximum absolute atomic E-state index is 12.9. The molecular weight excluding hydrogens is 212 g/mol. The number of benzene rings is 1. The first kappa shape index (κ1) is 11.6. The summed E-state index contributed by atoms with van der Waals surface area (Å²) in [6.45, 7) is -4.71. The molecule has 88 valence electrons. The van der Waals surface area contributed by atoms with Crippen molar-refractivity contribution in [3.8, 4) is 0 Å². The van der Waals surface area contributed by atoms with Crippen LogP contribution in [0.2, 0.25) is 5.82 Å². The molecule has 1 aromatic carbocycles. The van der Waals surface area contributed by atoms with Gasteiger partial charge in [-0.1, -0.05) is 55.4 Å². The highest BCUT2D eigenvalue weighted by Gasteiger charge is 2.41. The van der Waals surface area contributed by atoms with Crippen LogP contribution in [-0.4, -0.2) is 6.98 Å². The van der Waals surface area contributed by atoms with E-state index >= 15 is 0 Å². The van der Waals surface area contributed by atoms with Crippen LogP contribution in [-0.2, 0) is 0 Å². The first-order chi connectivity index (χ1) is 7.59. The Bertz CT molecular complexity index is 334. The lowest BCUT2D eigenvalue weighted by Crippen LogP contribution is -2.31. The van der Waals surface area contributed by atoms with Crippen molar-refractivity contribution in [3.63, 3.8) is 0 Å². The van der Waals surface area contributed by atoms with Gasteiger partial charge in [-0.2, -0.15) is 0 Å². The van der Waals surface area contributed by atoms with Gasteiger partial charge in [-0.3, -0.25) is 0 Å². The van der Waals surface area contributed by atoms with Gasteiger partial charge in [0.1, 0.15) is 0 Å². The molecule has 0 bridgehead atoms. The fourth-order valence-electron chi connectivity index (χ4n) is 2.73. The third-order valence-corrected chi connectivity index (χ3v) is 3.53. The molecule has 2 rings (SSSR count). The Hall–Kier alpha value is -0.925. The normalized spacial score (nSPS) is 26.7. The molecule has 0 radical (unpaired) electrons. The summed E-state index contributed by atoms with van der Waals surface area (Å²) >= 11 is 0. The first-order valence-corrected chi connectivity index (χ1v) is 5.84. The van der Waals surface area contributed by atoms with Crippen molar-refractivity contribution in [1.29, 1.82) is 0 Å². The molecule has 0 aromatic heterocycles. The second-order valence-corrected chi connectivity index (χ2v) is 4.59. The van der Waals surface area contributed by atoms with E-state index in [4.69, 9.17) is 0 Å². The third-order valence-electron chi connectivity index (χ3n) is 3.53. The molecule has 0 nitrogen and oxygen atoms in total. The van der Waals surface area contributed by atoms with Crippen LogP contribution in [0.15, 0.2) is 30.3 Å². The topological polar surface area (TPSA) is 0 Å². The van der Waals surface area contributed by atoms with Gasteiger partial charge in [-0.05, 0) is 17.9 Å². The van der Waals surface area contributed by atoms with Crippen molar-refractivity contribution in [2.24, 2.45) is 0 Å². The van der Waals surface area contributed by atoms with E-state index in [9.17, 15) is 12.9 Å². The monoisotopic (exact) mass is 227 g/mol. The summed E-state index contributed by atoms with van der Waals surface area (Å²) < 4.78 is 38.8.